The van der Waals surface area contributed by atoms with Crippen LogP contribution in [0.15, 0.2) is 41.6 Å². The fourth-order valence-corrected chi connectivity index (χ4v) is 1.31. The molecule has 0 amide bonds. The fraction of sp³-hybridized carbons (Fsp3) is 0. The molecular formula is C11H6FN3O. The van der Waals surface area contributed by atoms with Gasteiger partial charge in [0.1, 0.15) is 11.9 Å². The van der Waals surface area contributed by atoms with Gasteiger partial charge in [0.25, 0.3) is 5.56 Å². The summed E-state index contributed by atoms with van der Waals surface area (Å²) in [4.78, 5) is 15.5. The molecule has 2 aromatic rings. The van der Waals surface area contributed by atoms with E-state index in [0.717, 1.165) is 6.07 Å². The highest BCUT2D eigenvalue weighted by Crippen LogP contribution is 2.05. The summed E-state index contributed by atoms with van der Waals surface area (Å²) in [6, 6.07) is 5.92. The summed E-state index contributed by atoms with van der Waals surface area (Å²) in [5, 5.41) is 8.65. The van der Waals surface area contributed by atoms with Gasteiger partial charge in [0, 0.05) is 12.4 Å². The predicted molar refractivity (Wildman–Crippen MR) is 54.5 cm³/mol. The molecule has 0 radical (unpaired) electrons. The second-order valence-electron chi connectivity index (χ2n) is 3.04. The van der Waals surface area contributed by atoms with E-state index in [0.29, 0.717) is 5.69 Å². The van der Waals surface area contributed by atoms with Gasteiger partial charge >= 0.3 is 0 Å². The predicted octanol–water partition coefficient (Wildman–Crippen LogP) is 1.24. The van der Waals surface area contributed by atoms with Gasteiger partial charge in [0.05, 0.1) is 11.9 Å². The quantitative estimate of drug-likeness (QED) is 0.719. The number of rotatable bonds is 1. The first-order valence-corrected chi connectivity index (χ1v) is 4.45. The molecule has 2 heterocycles. The first-order chi connectivity index (χ1) is 7.74. The minimum atomic E-state index is -0.812. The molecule has 2 aromatic heterocycles. The molecule has 0 N–H and O–H groups in total. The molecule has 78 valence electrons. The zero-order valence-corrected chi connectivity index (χ0v) is 8.09. The average Bonchev–Trinajstić information content (AvgIpc) is 2.31. The van der Waals surface area contributed by atoms with Crippen LogP contribution in [0.2, 0.25) is 0 Å². The van der Waals surface area contributed by atoms with E-state index >= 15 is 0 Å². The van der Waals surface area contributed by atoms with E-state index in [1.54, 1.807) is 24.4 Å². The van der Waals surface area contributed by atoms with Gasteiger partial charge in [-0.05, 0) is 18.2 Å². The summed E-state index contributed by atoms with van der Waals surface area (Å²) in [7, 11) is 0. The third kappa shape index (κ3) is 1.57. The van der Waals surface area contributed by atoms with Crippen molar-refractivity contribution in [3.8, 4) is 11.8 Å². The van der Waals surface area contributed by atoms with Crippen LogP contribution in [0.4, 0.5) is 4.39 Å². The van der Waals surface area contributed by atoms with E-state index in [-0.39, 0.29) is 0 Å². The topological polar surface area (TPSA) is 58.7 Å². The molecule has 0 aromatic carbocycles. The molecular weight excluding hydrogens is 209 g/mol. The van der Waals surface area contributed by atoms with Crippen LogP contribution in [0, 0.1) is 17.1 Å². The normalized spacial score (nSPS) is 9.75. The van der Waals surface area contributed by atoms with Crippen LogP contribution in [0.1, 0.15) is 5.56 Å². The van der Waals surface area contributed by atoms with Crippen molar-refractivity contribution in [1.82, 2.24) is 9.55 Å². The van der Waals surface area contributed by atoms with Gasteiger partial charge < -0.3 is 0 Å². The minimum absolute atomic E-state index is 0.490. The van der Waals surface area contributed by atoms with Gasteiger partial charge in [-0.1, -0.05) is 0 Å². The molecule has 2 rings (SSSR count). The first-order valence-electron chi connectivity index (χ1n) is 4.45. The van der Waals surface area contributed by atoms with Crippen LogP contribution in [0.5, 0.6) is 0 Å². The third-order valence-electron chi connectivity index (χ3n) is 2.08. The molecule has 0 saturated carbocycles. The van der Waals surface area contributed by atoms with E-state index in [1.807, 2.05) is 0 Å². The molecule has 0 aliphatic heterocycles. The average molecular weight is 215 g/mol. The number of halogens is 1. The molecule has 0 aliphatic carbocycles. The summed E-state index contributed by atoms with van der Waals surface area (Å²) in [5.74, 6) is -0.812. The van der Waals surface area contributed by atoms with Crippen LogP contribution < -0.4 is 5.56 Å². The molecule has 0 atom stereocenters. The van der Waals surface area contributed by atoms with Crippen molar-refractivity contribution >= 4 is 0 Å². The van der Waals surface area contributed by atoms with Gasteiger partial charge in [0.2, 0.25) is 0 Å². The number of hydrogen-bond acceptors (Lipinski definition) is 3. The summed E-state index contributed by atoms with van der Waals surface area (Å²) >= 11 is 0. The summed E-state index contributed by atoms with van der Waals surface area (Å²) < 4.78 is 14.3. The van der Waals surface area contributed by atoms with E-state index in [4.69, 9.17) is 5.26 Å². The maximum atomic E-state index is 13.1. The smallest absolute Gasteiger partial charge is 0.276 e. The lowest BCUT2D eigenvalue weighted by Crippen LogP contribution is -2.21. The Labute approximate surface area is 90.2 Å². The summed E-state index contributed by atoms with van der Waals surface area (Å²) in [6.07, 6.45) is 4.29. The van der Waals surface area contributed by atoms with Crippen molar-refractivity contribution in [3.05, 3.63) is 58.5 Å². The van der Waals surface area contributed by atoms with Crippen molar-refractivity contribution in [1.29, 1.82) is 5.26 Å². The van der Waals surface area contributed by atoms with Crippen molar-refractivity contribution in [2.24, 2.45) is 0 Å². The van der Waals surface area contributed by atoms with Crippen molar-refractivity contribution in [2.45, 2.75) is 0 Å². The Morgan fingerprint density at radius 1 is 1.44 bits per heavy atom. The van der Waals surface area contributed by atoms with Gasteiger partial charge in [-0.15, -0.1) is 0 Å². The standard InChI is InChI=1S/C11H6FN3O/c12-10-3-5-15(11(16)9(10)6-13)8-2-1-4-14-7-8/h1-5,7H. The number of nitriles is 1. The Morgan fingerprint density at radius 2 is 2.25 bits per heavy atom. The minimum Gasteiger partial charge on any atom is -0.281 e. The lowest BCUT2D eigenvalue weighted by molar-refractivity contribution is 0.615. The SMILES string of the molecule is N#Cc1c(F)ccn(-c2cccnc2)c1=O. The molecule has 16 heavy (non-hydrogen) atoms. The zero-order chi connectivity index (χ0) is 11.5. The van der Waals surface area contributed by atoms with Crippen molar-refractivity contribution < 1.29 is 4.39 Å². The van der Waals surface area contributed by atoms with Crippen LogP contribution >= 0.6 is 0 Å². The first kappa shape index (κ1) is 10.1. The molecule has 0 saturated heterocycles. The molecule has 4 nitrogen and oxygen atoms in total. The molecule has 5 heteroatoms. The molecule has 0 spiro atoms. The second-order valence-corrected chi connectivity index (χ2v) is 3.04. The third-order valence-corrected chi connectivity index (χ3v) is 2.08. The summed E-state index contributed by atoms with van der Waals surface area (Å²) in [6.45, 7) is 0. The number of aromatic nitrogens is 2. The van der Waals surface area contributed by atoms with E-state index in [2.05, 4.69) is 4.98 Å². The monoisotopic (exact) mass is 215 g/mol. The number of nitrogens with zero attached hydrogens (tertiary/aromatic N) is 3. The molecule has 0 fully saturated rings. The number of pyridine rings is 2. The zero-order valence-electron chi connectivity index (χ0n) is 8.09. The van der Waals surface area contributed by atoms with E-state index in [1.165, 1.54) is 17.0 Å². The van der Waals surface area contributed by atoms with Gasteiger partial charge in [-0.2, -0.15) is 5.26 Å². The van der Waals surface area contributed by atoms with Crippen molar-refractivity contribution in [2.75, 3.05) is 0 Å². The lowest BCUT2D eigenvalue weighted by atomic mass is 10.2. The van der Waals surface area contributed by atoms with Crippen LogP contribution in [-0.2, 0) is 0 Å². The Balaban J connectivity index is 2.71. The highest BCUT2D eigenvalue weighted by molar-refractivity contribution is 5.34. The van der Waals surface area contributed by atoms with Gasteiger partial charge in [0.15, 0.2) is 5.56 Å². The van der Waals surface area contributed by atoms with E-state index in [9.17, 15) is 9.18 Å². The van der Waals surface area contributed by atoms with Gasteiger partial charge in [-0.25, -0.2) is 4.39 Å². The Hall–Kier alpha value is -2.48. The largest absolute Gasteiger partial charge is 0.281 e. The highest BCUT2D eigenvalue weighted by Gasteiger charge is 2.09. The van der Waals surface area contributed by atoms with Crippen LogP contribution in [-0.4, -0.2) is 9.55 Å². The van der Waals surface area contributed by atoms with E-state index < -0.39 is 16.9 Å². The molecule has 0 bridgehead atoms. The van der Waals surface area contributed by atoms with Crippen molar-refractivity contribution in [3.63, 3.8) is 0 Å². The van der Waals surface area contributed by atoms with Crippen LogP contribution in [0.3, 0.4) is 0 Å². The Kier molecular flexibility index (Phi) is 2.48. The Bertz CT molecular complexity index is 613. The molecule has 0 unspecified atom stereocenters. The second kappa shape index (κ2) is 3.95. The maximum absolute atomic E-state index is 13.1. The lowest BCUT2D eigenvalue weighted by Gasteiger charge is -2.04. The van der Waals surface area contributed by atoms with Crippen LogP contribution in [0.25, 0.3) is 5.69 Å². The Morgan fingerprint density at radius 3 is 2.88 bits per heavy atom. The fourth-order valence-electron chi connectivity index (χ4n) is 1.31. The summed E-state index contributed by atoms with van der Waals surface area (Å²) in [5.41, 5.74) is -0.689. The molecule has 0 aliphatic rings. The van der Waals surface area contributed by atoms with Gasteiger partial charge in [-0.3, -0.25) is 14.3 Å². The highest BCUT2D eigenvalue weighted by atomic mass is 19.1. The maximum Gasteiger partial charge on any atom is 0.276 e. The number of hydrogen-bond donors (Lipinski definition) is 0.